The lowest BCUT2D eigenvalue weighted by Gasteiger charge is -2.23. The van der Waals surface area contributed by atoms with Crippen molar-refractivity contribution < 1.29 is 8.78 Å². The van der Waals surface area contributed by atoms with E-state index in [1.165, 1.54) is 31.4 Å². The van der Waals surface area contributed by atoms with E-state index >= 15 is 0 Å². The van der Waals surface area contributed by atoms with E-state index in [0.717, 1.165) is 30.2 Å². The van der Waals surface area contributed by atoms with Crippen LogP contribution in [-0.4, -0.2) is 21.0 Å². The molecule has 2 N–H and O–H groups in total. The summed E-state index contributed by atoms with van der Waals surface area (Å²) >= 11 is 0. The Balaban J connectivity index is 1.58. The van der Waals surface area contributed by atoms with Gasteiger partial charge in [0.05, 0.1) is 5.69 Å². The van der Waals surface area contributed by atoms with Gasteiger partial charge in [0.15, 0.2) is 0 Å². The van der Waals surface area contributed by atoms with Crippen LogP contribution in [0.25, 0.3) is 11.3 Å². The Hall–Kier alpha value is -3.09. The first-order chi connectivity index (χ1) is 14.2. The second kappa shape index (κ2) is 8.94. The molecule has 0 bridgehead atoms. The molecule has 0 unspecified atom stereocenters. The molecule has 1 aliphatic carbocycles. The van der Waals surface area contributed by atoms with Gasteiger partial charge in [-0.05, 0) is 42.7 Å². The summed E-state index contributed by atoms with van der Waals surface area (Å²) < 4.78 is 26.9. The summed E-state index contributed by atoms with van der Waals surface area (Å²) in [4.78, 5) is 13.3. The van der Waals surface area contributed by atoms with Gasteiger partial charge >= 0.3 is 0 Å². The number of nitrogens with one attached hydrogen (secondary N) is 2. The summed E-state index contributed by atoms with van der Waals surface area (Å²) in [6.45, 7) is 0.254. The molecule has 0 saturated heterocycles. The molecule has 1 fully saturated rings. The van der Waals surface area contributed by atoms with E-state index in [-0.39, 0.29) is 6.54 Å². The minimum absolute atomic E-state index is 0.254. The second-order valence-corrected chi connectivity index (χ2v) is 7.31. The lowest BCUT2D eigenvalue weighted by atomic mass is 9.96. The third kappa shape index (κ3) is 5.25. The van der Waals surface area contributed by atoms with Crippen molar-refractivity contribution in [1.29, 1.82) is 0 Å². The average molecular weight is 395 g/mol. The van der Waals surface area contributed by atoms with Gasteiger partial charge in [0.1, 0.15) is 17.5 Å². The predicted molar refractivity (Wildman–Crippen MR) is 109 cm³/mol. The first-order valence-corrected chi connectivity index (χ1v) is 9.90. The number of nitrogens with zero attached hydrogens (tertiary/aromatic N) is 3. The van der Waals surface area contributed by atoms with Crippen LogP contribution in [0, 0.1) is 11.6 Å². The zero-order valence-corrected chi connectivity index (χ0v) is 16.0. The van der Waals surface area contributed by atoms with Gasteiger partial charge in [-0.3, -0.25) is 4.98 Å². The van der Waals surface area contributed by atoms with E-state index < -0.39 is 11.6 Å². The molecule has 1 saturated carbocycles. The number of aromatic nitrogens is 3. The molecule has 5 nitrogen and oxygen atoms in total. The van der Waals surface area contributed by atoms with Gasteiger partial charge < -0.3 is 10.6 Å². The number of pyridine rings is 1. The third-order valence-corrected chi connectivity index (χ3v) is 5.04. The topological polar surface area (TPSA) is 62.7 Å². The summed E-state index contributed by atoms with van der Waals surface area (Å²) in [6, 6.07) is 9.45. The summed E-state index contributed by atoms with van der Waals surface area (Å²) in [5.41, 5.74) is 2.19. The quantitative estimate of drug-likeness (QED) is 0.603. The fourth-order valence-electron chi connectivity index (χ4n) is 3.61. The Labute approximate surface area is 168 Å². The molecular weight excluding hydrogens is 372 g/mol. The van der Waals surface area contributed by atoms with Crippen LogP contribution in [0.4, 0.5) is 20.5 Å². The Morgan fingerprint density at radius 1 is 0.897 bits per heavy atom. The molecule has 1 aliphatic rings. The highest BCUT2D eigenvalue weighted by Crippen LogP contribution is 2.24. The van der Waals surface area contributed by atoms with Crippen LogP contribution < -0.4 is 10.6 Å². The molecule has 150 valence electrons. The monoisotopic (exact) mass is 395 g/mol. The molecule has 0 spiro atoms. The summed E-state index contributed by atoms with van der Waals surface area (Å²) in [5, 5.41) is 6.61. The summed E-state index contributed by atoms with van der Waals surface area (Å²) in [5.74, 6) is -0.0443. The van der Waals surface area contributed by atoms with Crippen LogP contribution in [0.1, 0.15) is 37.7 Å². The fourth-order valence-corrected chi connectivity index (χ4v) is 3.61. The van der Waals surface area contributed by atoms with Crippen LogP contribution in [0.15, 0.2) is 48.8 Å². The van der Waals surface area contributed by atoms with E-state index in [1.807, 2.05) is 18.2 Å². The smallest absolute Gasteiger partial charge is 0.225 e. The normalized spacial score (nSPS) is 14.6. The first-order valence-electron chi connectivity index (χ1n) is 9.90. The number of halogens is 2. The fraction of sp³-hybridized carbons (Fsp3) is 0.318. The van der Waals surface area contributed by atoms with Gasteiger partial charge in [0.25, 0.3) is 0 Å². The number of anilines is 2. The molecule has 7 heteroatoms. The van der Waals surface area contributed by atoms with Crippen molar-refractivity contribution in [2.24, 2.45) is 0 Å². The lowest BCUT2D eigenvalue weighted by Crippen LogP contribution is -2.23. The highest BCUT2D eigenvalue weighted by atomic mass is 19.1. The van der Waals surface area contributed by atoms with E-state index in [1.54, 1.807) is 12.4 Å². The number of benzene rings is 1. The summed E-state index contributed by atoms with van der Waals surface area (Å²) in [6.07, 6.45) is 9.33. The molecule has 0 amide bonds. The second-order valence-electron chi connectivity index (χ2n) is 7.31. The van der Waals surface area contributed by atoms with Crippen molar-refractivity contribution in [2.45, 2.75) is 44.7 Å². The maximum atomic E-state index is 13.5. The Bertz CT molecular complexity index is 938. The summed E-state index contributed by atoms with van der Waals surface area (Å²) in [7, 11) is 0. The van der Waals surface area contributed by atoms with Crippen LogP contribution in [0.5, 0.6) is 0 Å². The number of hydrogen-bond donors (Lipinski definition) is 2. The molecule has 2 heterocycles. The van der Waals surface area contributed by atoms with Crippen molar-refractivity contribution >= 4 is 11.8 Å². The molecular formula is C22H23F2N5. The van der Waals surface area contributed by atoms with E-state index in [2.05, 4.69) is 25.6 Å². The van der Waals surface area contributed by atoms with Gasteiger partial charge in [-0.1, -0.05) is 19.3 Å². The molecule has 2 aromatic heterocycles. The van der Waals surface area contributed by atoms with Crippen LogP contribution in [0.3, 0.4) is 0 Å². The van der Waals surface area contributed by atoms with Gasteiger partial charge in [0.2, 0.25) is 5.95 Å². The van der Waals surface area contributed by atoms with Gasteiger partial charge in [-0.2, -0.15) is 4.98 Å². The van der Waals surface area contributed by atoms with Crippen molar-refractivity contribution in [3.05, 3.63) is 66.0 Å². The van der Waals surface area contributed by atoms with Crippen LogP contribution in [0.2, 0.25) is 0 Å². The highest BCUT2D eigenvalue weighted by molar-refractivity contribution is 5.64. The first kappa shape index (κ1) is 19.2. The minimum atomic E-state index is -0.596. The van der Waals surface area contributed by atoms with Crippen LogP contribution >= 0.6 is 0 Å². The maximum Gasteiger partial charge on any atom is 0.225 e. The maximum absolute atomic E-state index is 13.5. The molecule has 0 aliphatic heterocycles. The molecule has 4 rings (SSSR count). The van der Waals surface area contributed by atoms with Crippen molar-refractivity contribution in [2.75, 3.05) is 10.6 Å². The van der Waals surface area contributed by atoms with Crippen LogP contribution in [-0.2, 0) is 6.54 Å². The van der Waals surface area contributed by atoms with Crippen molar-refractivity contribution in [1.82, 2.24) is 15.0 Å². The van der Waals surface area contributed by atoms with Gasteiger partial charge in [-0.25, -0.2) is 13.8 Å². The Morgan fingerprint density at radius 2 is 1.62 bits per heavy atom. The third-order valence-electron chi connectivity index (χ3n) is 5.04. The van der Waals surface area contributed by atoms with Gasteiger partial charge in [0, 0.05) is 42.7 Å². The van der Waals surface area contributed by atoms with E-state index in [0.29, 0.717) is 23.4 Å². The average Bonchev–Trinajstić information content (AvgIpc) is 2.73. The van der Waals surface area contributed by atoms with E-state index in [9.17, 15) is 8.78 Å². The molecule has 3 aromatic rings. The zero-order valence-electron chi connectivity index (χ0n) is 16.0. The molecule has 1 aromatic carbocycles. The Morgan fingerprint density at radius 3 is 2.34 bits per heavy atom. The SMILES string of the molecule is Fc1cc(F)cc(CNc2cc(-c3ccncc3)nc(NC3CCCCC3)n2)c1. The largest absolute Gasteiger partial charge is 0.366 e. The molecule has 29 heavy (non-hydrogen) atoms. The van der Waals surface area contributed by atoms with Crippen molar-refractivity contribution in [3.63, 3.8) is 0 Å². The lowest BCUT2D eigenvalue weighted by molar-refractivity contribution is 0.461. The van der Waals surface area contributed by atoms with Gasteiger partial charge in [-0.15, -0.1) is 0 Å². The van der Waals surface area contributed by atoms with E-state index in [4.69, 9.17) is 0 Å². The Kier molecular flexibility index (Phi) is 5.93. The minimum Gasteiger partial charge on any atom is -0.366 e. The highest BCUT2D eigenvalue weighted by Gasteiger charge is 2.15. The number of hydrogen-bond acceptors (Lipinski definition) is 5. The van der Waals surface area contributed by atoms with Crippen molar-refractivity contribution in [3.8, 4) is 11.3 Å². The zero-order chi connectivity index (χ0) is 20.1. The molecule has 0 radical (unpaired) electrons. The standard InChI is InChI=1S/C22H23F2N5/c23-17-10-15(11-18(24)12-17)14-26-21-13-20(16-6-8-25-9-7-16)28-22(29-21)27-19-4-2-1-3-5-19/h6-13,19H,1-5,14H2,(H2,26,27,28,29). The number of rotatable bonds is 6. The predicted octanol–water partition coefficient (Wildman–Crippen LogP) is 5.17. The molecule has 0 atom stereocenters.